The number of carboxylic acid groups (broad SMARTS) is 1. The summed E-state index contributed by atoms with van der Waals surface area (Å²) in [6.45, 7) is 3.99. The topological polar surface area (TPSA) is 46.5 Å². The highest BCUT2D eigenvalue weighted by Crippen LogP contribution is 2.26. The third kappa shape index (κ3) is 2.65. The lowest BCUT2D eigenvalue weighted by Gasteiger charge is -2.10. The second-order valence-corrected chi connectivity index (χ2v) is 4.06. The van der Waals surface area contributed by atoms with Crippen molar-refractivity contribution in [1.29, 1.82) is 0 Å². The summed E-state index contributed by atoms with van der Waals surface area (Å²) in [4.78, 5) is 11.2. The standard InChI is InChI=1S/C16H14O3/c1-11(12-7-9-13(19-2)10-8-12)14-5-3-4-6-15(14)16(17)18/h3-10H,1H2,2H3,(H,17,18). The Balaban J connectivity index is 2.41. The van der Waals surface area contributed by atoms with E-state index in [2.05, 4.69) is 6.58 Å². The number of methoxy groups -OCH3 is 1. The lowest BCUT2D eigenvalue weighted by molar-refractivity contribution is 0.0696. The van der Waals surface area contributed by atoms with Crippen LogP contribution in [-0.2, 0) is 0 Å². The molecular formula is C16H14O3. The summed E-state index contributed by atoms with van der Waals surface area (Å²) in [6, 6.07) is 14.2. The number of rotatable bonds is 4. The summed E-state index contributed by atoms with van der Waals surface area (Å²) in [5, 5.41) is 9.18. The van der Waals surface area contributed by atoms with Gasteiger partial charge in [0.25, 0.3) is 0 Å². The Morgan fingerprint density at radius 3 is 2.16 bits per heavy atom. The van der Waals surface area contributed by atoms with Gasteiger partial charge in [-0.15, -0.1) is 0 Å². The fraction of sp³-hybridized carbons (Fsp3) is 0.0625. The van der Waals surface area contributed by atoms with Crippen LogP contribution < -0.4 is 4.74 Å². The number of hydrogen-bond donors (Lipinski definition) is 1. The number of hydrogen-bond acceptors (Lipinski definition) is 2. The minimum Gasteiger partial charge on any atom is -0.497 e. The van der Waals surface area contributed by atoms with Gasteiger partial charge >= 0.3 is 5.97 Å². The smallest absolute Gasteiger partial charge is 0.336 e. The van der Waals surface area contributed by atoms with Gasteiger partial charge in [0.05, 0.1) is 12.7 Å². The summed E-state index contributed by atoms with van der Waals surface area (Å²) in [6.07, 6.45) is 0. The molecule has 0 saturated heterocycles. The largest absolute Gasteiger partial charge is 0.497 e. The molecule has 0 aromatic heterocycles. The number of carboxylic acids is 1. The zero-order valence-corrected chi connectivity index (χ0v) is 10.6. The number of benzene rings is 2. The molecule has 1 N–H and O–H groups in total. The third-order valence-corrected chi connectivity index (χ3v) is 2.92. The van der Waals surface area contributed by atoms with E-state index in [0.29, 0.717) is 11.1 Å². The van der Waals surface area contributed by atoms with Crippen LogP contribution in [0.4, 0.5) is 0 Å². The van der Waals surface area contributed by atoms with E-state index < -0.39 is 5.97 Å². The molecule has 96 valence electrons. The zero-order valence-electron chi connectivity index (χ0n) is 10.6. The summed E-state index contributed by atoms with van der Waals surface area (Å²) in [5.41, 5.74) is 2.43. The molecule has 2 rings (SSSR count). The molecule has 0 fully saturated rings. The maximum Gasteiger partial charge on any atom is 0.336 e. The molecule has 2 aromatic carbocycles. The number of carbonyl (C=O) groups is 1. The molecule has 0 spiro atoms. The summed E-state index contributed by atoms with van der Waals surface area (Å²) < 4.78 is 5.09. The van der Waals surface area contributed by atoms with Crippen LogP contribution in [0.25, 0.3) is 5.57 Å². The predicted molar refractivity (Wildman–Crippen MR) is 74.5 cm³/mol. The Bertz CT molecular complexity index is 612. The van der Waals surface area contributed by atoms with Gasteiger partial charge in [0.15, 0.2) is 0 Å². The molecule has 0 aliphatic heterocycles. The molecule has 2 aromatic rings. The Morgan fingerprint density at radius 2 is 1.63 bits per heavy atom. The molecule has 3 nitrogen and oxygen atoms in total. The highest BCUT2D eigenvalue weighted by molar-refractivity contribution is 5.96. The Kier molecular flexibility index (Phi) is 3.66. The van der Waals surface area contributed by atoms with Gasteiger partial charge in [0.2, 0.25) is 0 Å². The summed E-state index contributed by atoms with van der Waals surface area (Å²) >= 11 is 0. The van der Waals surface area contributed by atoms with E-state index in [4.69, 9.17) is 4.74 Å². The van der Waals surface area contributed by atoms with Crippen molar-refractivity contribution in [3.05, 3.63) is 71.8 Å². The molecule has 3 heteroatoms. The van der Waals surface area contributed by atoms with E-state index in [1.165, 1.54) is 0 Å². The van der Waals surface area contributed by atoms with Gasteiger partial charge in [-0.3, -0.25) is 0 Å². The molecule has 0 unspecified atom stereocenters. The summed E-state index contributed by atoms with van der Waals surface area (Å²) in [7, 11) is 1.60. The van der Waals surface area contributed by atoms with Crippen LogP contribution in [0.5, 0.6) is 5.75 Å². The Hall–Kier alpha value is -2.55. The van der Waals surface area contributed by atoms with Crippen molar-refractivity contribution < 1.29 is 14.6 Å². The SMILES string of the molecule is C=C(c1ccc(OC)cc1)c1ccccc1C(=O)O. The lowest BCUT2D eigenvalue weighted by Crippen LogP contribution is -2.01. The van der Waals surface area contributed by atoms with Crippen LogP contribution in [0, 0.1) is 0 Å². The van der Waals surface area contributed by atoms with Crippen LogP contribution in [0.15, 0.2) is 55.1 Å². The average Bonchev–Trinajstić information content (AvgIpc) is 2.46. The van der Waals surface area contributed by atoms with Gasteiger partial charge in [0.1, 0.15) is 5.75 Å². The molecule has 0 atom stereocenters. The quantitative estimate of drug-likeness (QED) is 0.908. The van der Waals surface area contributed by atoms with Crippen LogP contribution in [0.3, 0.4) is 0 Å². The maximum atomic E-state index is 11.2. The van der Waals surface area contributed by atoms with Crippen molar-refractivity contribution in [2.24, 2.45) is 0 Å². The number of ether oxygens (including phenoxy) is 1. The molecule has 0 saturated carbocycles. The van der Waals surface area contributed by atoms with Crippen LogP contribution in [-0.4, -0.2) is 18.2 Å². The first-order valence-corrected chi connectivity index (χ1v) is 5.79. The minimum atomic E-state index is -0.953. The van der Waals surface area contributed by atoms with Gasteiger partial charge in [-0.25, -0.2) is 4.79 Å². The normalized spacial score (nSPS) is 9.95. The molecule has 0 aliphatic rings. The molecule has 0 aliphatic carbocycles. The van der Waals surface area contributed by atoms with Crippen molar-refractivity contribution in [2.45, 2.75) is 0 Å². The maximum absolute atomic E-state index is 11.2. The van der Waals surface area contributed by atoms with Crippen molar-refractivity contribution in [1.82, 2.24) is 0 Å². The monoisotopic (exact) mass is 254 g/mol. The minimum absolute atomic E-state index is 0.253. The second kappa shape index (κ2) is 5.40. The van der Waals surface area contributed by atoms with E-state index in [9.17, 15) is 9.90 Å². The van der Waals surface area contributed by atoms with Gasteiger partial charge < -0.3 is 9.84 Å². The molecule has 0 heterocycles. The van der Waals surface area contributed by atoms with Crippen molar-refractivity contribution in [3.63, 3.8) is 0 Å². The highest BCUT2D eigenvalue weighted by atomic mass is 16.5. The molecular weight excluding hydrogens is 240 g/mol. The van der Waals surface area contributed by atoms with E-state index in [1.807, 2.05) is 24.3 Å². The Labute approximate surface area is 111 Å². The van der Waals surface area contributed by atoms with Crippen molar-refractivity contribution in [2.75, 3.05) is 7.11 Å². The van der Waals surface area contributed by atoms with Crippen molar-refractivity contribution in [3.8, 4) is 5.75 Å². The van der Waals surface area contributed by atoms with Gasteiger partial charge in [-0.05, 0) is 34.9 Å². The van der Waals surface area contributed by atoms with Gasteiger partial charge in [-0.1, -0.05) is 36.9 Å². The lowest BCUT2D eigenvalue weighted by atomic mass is 9.95. The second-order valence-electron chi connectivity index (χ2n) is 4.06. The van der Waals surface area contributed by atoms with E-state index in [0.717, 1.165) is 11.3 Å². The van der Waals surface area contributed by atoms with Crippen molar-refractivity contribution >= 4 is 11.5 Å². The first-order chi connectivity index (χ1) is 9.13. The predicted octanol–water partition coefficient (Wildman–Crippen LogP) is 3.45. The van der Waals surface area contributed by atoms with Gasteiger partial charge in [-0.2, -0.15) is 0 Å². The van der Waals surface area contributed by atoms with Crippen LogP contribution in [0.2, 0.25) is 0 Å². The molecule has 19 heavy (non-hydrogen) atoms. The van der Waals surface area contributed by atoms with Crippen LogP contribution >= 0.6 is 0 Å². The molecule has 0 amide bonds. The zero-order chi connectivity index (χ0) is 13.8. The third-order valence-electron chi connectivity index (χ3n) is 2.92. The van der Waals surface area contributed by atoms with E-state index >= 15 is 0 Å². The summed E-state index contributed by atoms with van der Waals surface area (Å²) in [5.74, 6) is -0.201. The first kappa shape index (κ1) is 12.9. The first-order valence-electron chi connectivity index (χ1n) is 5.79. The fourth-order valence-corrected chi connectivity index (χ4v) is 1.88. The molecule has 0 radical (unpaired) electrons. The van der Waals surface area contributed by atoms with Gasteiger partial charge in [0, 0.05) is 0 Å². The number of aromatic carboxylic acids is 1. The fourth-order valence-electron chi connectivity index (χ4n) is 1.88. The average molecular weight is 254 g/mol. The highest BCUT2D eigenvalue weighted by Gasteiger charge is 2.12. The Morgan fingerprint density at radius 1 is 1.05 bits per heavy atom. The van der Waals surface area contributed by atoms with Crippen LogP contribution in [0.1, 0.15) is 21.5 Å². The van der Waals surface area contributed by atoms with E-state index in [1.54, 1.807) is 31.4 Å². The molecule has 0 bridgehead atoms. The van der Waals surface area contributed by atoms with E-state index in [-0.39, 0.29) is 5.56 Å².